The fourth-order valence-corrected chi connectivity index (χ4v) is 13.1. The van der Waals surface area contributed by atoms with Gasteiger partial charge in [-0.25, -0.2) is 8.42 Å². The Labute approximate surface area is 435 Å². The highest BCUT2D eigenvalue weighted by molar-refractivity contribution is 7.87. The van der Waals surface area contributed by atoms with Gasteiger partial charge in [-0.3, -0.25) is 23.0 Å². The molecule has 0 bridgehead atoms. The third kappa shape index (κ3) is 13.6. The van der Waals surface area contributed by atoms with Gasteiger partial charge in [-0.15, -0.1) is 0 Å². The summed E-state index contributed by atoms with van der Waals surface area (Å²) in [7, 11) is -23.5. The van der Waals surface area contributed by atoms with Crippen LogP contribution in [-0.2, 0) is 80.4 Å². The number of benzene rings is 4. The van der Waals surface area contributed by atoms with Crippen molar-refractivity contribution in [2.24, 2.45) is 0 Å². The number of nitrogens with zero attached hydrogens (tertiary/aromatic N) is 2. The van der Waals surface area contributed by atoms with Gasteiger partial charge in [0.1, 0.15) is 21.6 Å². The third-order valence-corrected chi connectivity index (χ3v) is 17.4. The molecule has 0 aliphatic carbocycles. The lowest BCUT2D eigenvalue weighted by atomic mass is 9.74. The van der Waals surface area contributed by atoms with Gasteiger partial charge in [0.25, 0.3) is 40.5 Å². The maximum atomic E-state index is 12.8. The standard InChI is InChI=1S/C48H58N2O20S5/c1-47(2)42(49(20-10-6-9-14-44(51)52)38-17-15-34-36(45(38)47)28-32(72(56,57)58)30-40(34)74(62,63)64)12-7-5-8-13-43-48(3,19-11-27-71(53,54)55)46-37-29-33(73(59,60)61)31-41(75(65,66)67)35(37)16-18-39(46)50(43)21-22-69-25-26-70-24-23-68-4/h5,7-8,12-13,15-18,28-31H,6,9-11,14,19-27H2,1-4H3,(H5-,51,52,53,54,55,56,57,58,59,60,61,62,63,64,65,66,67). The number of carbonyl (C=O) groups is 1. The topological polar surface area (TPSA) is 346 Å². The first-order valence-corrected chi connectivity index (χ1v) is 30.6. The van der Waals surface area contributed by atoms with E-state index in [1.807, 2.05) is 4.90 Å². The first-order valence-electron chi connectivity index (χ1n) is 23.2. The normalized spacial score (nSPS) is 17.9. The van der Waals surface area contributed by atoms with Crippen molar-refractivity contribution in [2.75, 3.05) is 63.9 Å². The van der Waals surface area contributed by atoms with Gasteiger partial charge in [-0.2, -0.15) is 38.2 Å². The van der Waals surface area contributed by atoms with E-state index in [1.165, 1.54) is 19.2 Å². The van der Waals surface area contributed by atoms with Crippen LogP contribution in [0.15, 0.2) is 104 Å². The second kappa shape index (κ2) is 22.9. The molecule has 1 atom stereocenters. The van der Waals surface area contributed by atoms with E-state index in [0.29, 0.717) is 85.1 Å². The Hall–Kier alpha value is -5.01. The Kier molecular flexibility index (Phi) is 18.1. The Bertz CT molecular complexity index is 3610. The van der Waals surface area contributed by atoms with Gasteiger partial charge >= 0.3 is 5.97 Å². The average molecular weight is 1140 g/mol. The van der Waals surface area contributed by atoms with E-state index in [2.05, 4.69) is 0 Å². The summed E-state index contributed by atoms with van der Waals surface area (Å²) in [5, 5.41) is 9.08. The zero-order valence-corrected chi connectivity index (χ0v) is 45.3. The van der Waals surface area contributed by atoms with Gasteiger partial charge in [-0.1, -0.05) is 44.6 Å². The predicted octanol–water partition coefficient (Wildman–Crippen LogP) is 5.78. The first-order chi connectivity index (χ1) is 34.8. The number of fused-ring (bicyclic) bond motifs is 6. The SMILES string of the molecule is COCCOCCOCC[N+]1=C(/C=C/C=C/C=C2/N(CCCCCC(=O)O)c3ccc4c(S(=O)(=O)[O-])cc(S(=O)(=O)O)cc4c3C2(C)C)C(C)(CCCS(=O)(=O)O)c2c1ccc1c(S(=O)(=O)O)cc(S(=O)(=O)O)cc21. The zero-order chi connectivity index (χ0) is 55.5. The molecular formula is C48H58N2O20S5. The van der Waals surface area contributed by atoms with Crippen molar-refractivity contribution >= 4 is 95.2 Å². The van der Waals surface area contributed by atoms with Crippen LogP contribution in [0.4, 0.5) is 11.4 Å². The summed E-state index contributed by atoms with van der Waals surface area (Å²) in [5.74, 6) is -1.66. The number of hydrogen-bond acceptors (Lipinski definition) is 16. The van der Waals surface area contributed by atoms with Crippen molar-refractivity contribution in [3.8, 4) is 0 Å². The molecule has 0 saturated carbocycles. The van der Waals surface area contributed by atoms with Gasteiger partial charge in [0, 0.05) is 60.0 Å². The van der Waals surface area contributed by atoms with E-state index >= 15 is 0 Å². The fourth-order valence-electron chi connectivity index (χ4n) is 9.90. The number of anilines is 1. The molecule has 5 N–H and O–H groups in total. The molecule has 410 valence electrons. The molecule has 27 heteroatoms. The lowest BCUT2D eigenvalue weighted by Crippen LogP contribution is -2.33. The van der Waals surface area contributed by atoms with E-state index in [1.54, 1.807) is 67.9 Å². The van der Waals surface area contributed by atoms with Crippen LogP contribution < -0.4 is 4.90 Å². The number of aliphatic carboxylic acids is 1. The first kappa shape index (κ1) is 59.2. The highest BCUT2D eigenvalue weighted by Gasteiger charge is 2.49. The molecule has 0 fully saturated rings. The summed E-state index contributed by atoms with van der Waals surface area (Å²) in [6.07, 6.45) is 9.43. The van der Waals surface area contributed by atoms with Gasteiger partial charge < -0.3 is 28.8 Å². The van der Waals surface area contributed by atoms with E-state index in [-0.39, 0.29) is 67.2 Å². The van der Waals surface area contributed by atoms with Crippen molar-refractivity contribution in [3.05, 3.63) is 95.7 Å². The molecule has 75 heavy (non-hydrogen) atoms. The lowest BCUT2D eigenvalue weighted by molar-refractivity contribution is -0.442. The van der Waals surface area contributed by atoms with E-state index in [4.69, 9.17) is 14.2 Å². The minimum Gasteiger partial charge on any atom is -0.744 e. The van der Waals surface area contributed by atoms with Gasteiger partial charge in [0.05, 0.1) is 52.3 Å². The minimum atomic E-state index is -5.28. The molecule has 2 heterocycles. The van der Waals surface area contributed by atoms with Crippen LogP contribution in [0.1, 0.15) is 70.4 Å². The molecule has 4 aromatic carbocycles. The lowest BCUT2D eigenvalue weighted by Gasteiger charge is -2.27. The summed E-state index contributed by atoms with van der Waals surface area (Å²) in [4.78, 5) is 9.83. The highest BCUT2D eigenvalue weighted by atomic mass is 32.2. The Morgan fingerprint density at radius 1 is 0.680 bits per heavy atom. The summed E-state index contributed by atoms with van der Waals surface area (Å²) in [6.45, 7) is 6.83. The molecule has 4 aromatic rings. The van der Waals surface area contributed by atoms with Crippen LogP contribution in [-0.4, -0.2) is 145 Å². The van der Waals surface area contributed by atoms with Gasteiger partial charge in [0.15, 0.2) is 12.3 Å². The highest BCUT2D eigenvalue weighted by Crippen LogP contribution is 2.52. The van der Waals surface area contributed by atoms with Crippen LogP contribution in [0.3, 0.4) is 0 Å². The van der Waals surface area contributed by atoms with Crippen LogP contribution in [0, 0.1) is 0 Å². The maximum Gasteiger partial charge on any atom is 0.303 e. The predicted molar refractivity (Wildman–Crippen MR) is 274 cm³/mol. The largest absolute Gasteiger partial charge is 0.744 e. The zero-order valence-electron chi connectivity index (χ0n) is 41.2. The molecule has 0 spiro atoms. The smallest absolute Gasteiger partial charge is 0.303 e. The summed E-state index contributed by atoms with van der Waals surface area (Å²) < 4.78 is 196. The molecule has 0 aromatic heterocycles. The van der Waals surface area contributed by atoms with Crippen molar-refractivity contribution < 1.29 is 93.5 Å². The molecule has 22 nitrogen and oxygen atoms in total. The van der Waals surface area contributed by atoms with Crippen molar-refractivity contribution in [1.82, 2.24) is 0 Å². The van der Waals surface area contributed by atoms with Crippen LogP contribution in [0.25, 0.3) is 21.5 Å². The van der Waals surface area contributed by atoms with E-state index in [0.717, 1.165) is 12.1 Å². The summed E-state index contributed by atoms with van der Waals surface area (Å²) >= 11 is 0. The number of hydrogen-bond donors (Lipinski definition) is 5. The van der Waals surface area contributed by atoms with Crippen LogP contribution in [0.2, 0.25) is 0 Å². The number of rotatable bonds is 26. The molecular weight excluding hydrogens is 1080 g/mol. The molecule has 2 aliphatic rings. The fraction of sp³-hybridized carbons (Fsp3) is 0.417. The number of unbranched alkanes of at least 4 members (excludes halogenated alkanes) is 2. The van der Waals surface area contributed by atoms with Gasteiger partial charge in [-0.05, 0) is 96.8 Å². The van der Waals surface area contributed by atoms with Crippen molar-refractivity contribution in [1.29, 1.82) is 0 Å². The average Bonchev–Trinajstić information content (AvgIpc) is 3.66. The molecule has 0 saturated heterocycles. The Morgan fingerprint density at radius 3 is 1.85 bits per heavy atom. The summed E-state index contributed by atoms with van der Waals surface area (Å²) in [5.41, 5.74) is 0.316. The number of ether oxygens (including phenoxy) is 3. The third-order valence-electron chi connectivity index (χ3n) is 13.1. The second-order valence-electron chi connectivity index (χ2n) is 18.6. The second-order valence-corrected chi connectivity index (χ2v) is 25.7. The molecule has 2 aliphatic heterocycles. The number of methoxy groups -OCH3 is 1. The van der Waals surface area contributed by atoms with E-state index in [9.17, 15) is 74.8 Å². The van der Waals surface area contributed by atoms with Gasteiger partial charge in [0.2, 0.25) is 5.69 Å². The minimum absolute atomic E-state index is 0.0203. The number of carboxylic acids is 1. The number of carboxylic acid groups (broad SMARTS) is 1. The van der Waals surface area contributed by atoms with Crippen LogP contribution >= 0.6 is 0 Å². The maximum absolute atomic E-state index is 12.8. The number of allylic oxidation sites excluding steroid dienone is 6. The molecule has 0 amide bonds. The van der Waals surface area contributed by atoms with Crippen LogP contribution in [0.5, 0.6) is 0 Å². The molecule has 1 unspecified atom stereocenters. The van der Waals surface area contributed by atoms with Crippen molar-refractivity contribution in [3.63, 3.8) is 0 Å². The molecule has 6 rings (SSSR count). The quantitative estimate of drug-likeness (QED) is 0.0215. The Morgan fingerprint density at radius 2 is 1.27 bits per heavy atom. The van der Waals surface area contributed by atoms with E-state index < -0.39 is 92.7 Å². The summed E-state index contributed by atoms with van der Waals surface area (Å²) in [6, 6.07) is 9.23. The molecule has 0 radical (unpaired) electrons. The Balaban J connectivity index is 1.51. The van der Waals surface area contributed by atoms with Crippen molar-refractivity contribution in [2.45, 2.75) is 89.7 Å². The monoisotopic (exact) mass is 1140 g/mol.